The van der Waals surface area contributed by atoms with Gasteiger partial charge in [0, 0.05) is 13.1 Å². The summed E-state index contributed by atoms with van der Waals surface area (Å²) in [6.07, 6.45) is 1.73. The average molecular weight is 250 g/mol. The molecule has 100 valence electrons. The highest BCUT2D eigenvalue weighted by atomic mass is 16.5. The Labute approximate surface area is 108 Å². The second-order valence-electron chi connectivity index (χ2n) is 5.21. The summed E-state index contributed by atoms with van der Waals surface area (Å²) >= 11 is 0. The second-order valence-corrected chi connectivity index (χ2v) is 5.21. The Morgan fingerprint density at radius 2 is 2.28 bits per heavy atom. The van der Waals surface area contributed by atoms with E-state index in [-0.39, 0.29) is 0 Å². The van der Waals surface area contributed by atoms with Crippen LogP contribution in [0.3, 0.4) is 0 Å². The zero-order chi connectivity index (χ0) is 13.2. The lowest BCUT2D eigenvalue weighted by Gasteiger charge is -2.23. The van der Waals surface area contributed by atoms with E-state index in [0.717, 1.165) is 30.8 Å². The van der Waals surface area contributed by atoms with Crippen molar-refractivity contribution in [3.05, 3.63) is 18.2 Å². The van der Waals surface area contributed by atoms with E-state index in [9.17, 15) is 5.11 Å². The molecule has 1 aliphatic heterocycles. The van der Waals surface area contributed by atoms with Gasteiger partial charge in [-0.1, -0.05) is 13.0 Å². The van der Waals surface area contributed by atoms with Gasteiger partial charge in [-0.05, 0) is 31.9 Å². The molecule has 0 aliphatic carbocycles. The summed E-state index contributed by atoms with van der Waals surface area (Å²) in [6.45, 7) is 6.05. The van der Waals surface area contributed by atoms with Crippen LogP contribution in [-0.2, 0) is 0 Å². The predicted octanol–water partition coefficient (Wildman–Crippen LogP) is 2.02. The first kappa shape index (κ1) is 13.0. The molecule has 1 saturated heterocycles. The Balaban J connectivity index is 2.18. The maximum absolute atomic E-state index is 10.0. The van der Waals surface area contributed by atoms with Gasteiger partial charge in [-0.25, -0.2) is 0 Å². The molecule has 0 radical (unpaired) electrons. The molecule has 0 amide bonds. The fourth-order valence-electron chi connectivity index (χ4n) is 2.30. The fourth-order valence-corrected chi connectivity index (χ4v) is 2.30. The van der Waals surface area contributed by atoms with Crippen molar-refractivity contribution in [2.45, 2.75) is 32.3 Å². The Hall–Kier alpha value is -1.42. The summed E-state index contributed by atoms with van der Waals surface area (Å²) in [4.78, 5) is 2.12. The maximum Gasteiger partial charge on any atom is 0.144 e. The van der Waals surface area contributed by atoms with E-state index in [0.29, 0.717) is 18.8 Å². The molecule has 1 atom stereocenters. The molecule has 4 nitrogen and oxygen atoms in total. The molecule has 2 rings (SSSR count). The molecular weight excluding hydrogens is 228 g/mol. The van der Waals surface area contributed by atoms with E-state index < -0.39 is 5.60 Å². The van der Waals surface area contributed by atoms with Crippen LogP contribution in [-0.4, -0.2) is 30.4 Å². The average Bonchev–Trinajstić information content (AvgIpc) is 2.68. The first-order valence-electron chi connectivity index (χ1n) is 6.52. The predicted molar refractivity (Wildman–Crippen MR) is 74.1 cm³/mol. The number of hydrogen-bond donors (Lipinski definition) is 2. The van der Waals surface area contributed by atoms with Gasteiger partial charge in [0.15, 0.2) is 0 Å². The minimum Gasteiger partial charge on any atom is -0.491 e. The third kappa shape index (κ3) is 2.70. The molecule has 1 aromatic carbocycles. The van der Waals surface area contributed by atoms with E-state index in [2.05, 4.69) is 11.8 Å². The second kappa shape index (κ2) is 5.06. The SMILES string of the molecule is CCCOc1cccc(N2CCC(C)(O)C2)c1N. The first-order valence-corrected chi connectivity index (χ1v) is 6.52. The summed E-state index contributed by atoms with van der Waals surface area (Å²) in [5, 5.41) is 10.0. The van der Waals surface area contributed by atoms with Crippen LogP contribution in [0.25, 0.3) is 0 Å². The highest BCUT2D eigenvalue weighted by Crippen LogP contribution is 2.35. The van der Waals surface area contributed by atoms with Gasteiger partial charge in [0.25, 0.3) is 0 Å². The van der Waals surface area contributed by atoms with Crippen LogP contribution in [0.1, 0.15) is 26.7 Å². The molecule has 1 aromatic rings. The van der Waals surface area contributed by atoms with Crippen molar-refractivity contribution in [1.29, 1.82) is 0 Å². The van der Waals surface area contributed by atoms with E-state index >= 15 is 0 Å². The maximum atomic E-state index is 10.0. The molecule has 0 spiro atoms. The normalized spacial score (nSPS) is 23.4. The zero-order valence-corrected chi connectivity index (χ0v) is 11.1. The van der Waals surface area contributed by atoms with Crippen molar-refractivity contribution >= 4 is 11.4 Å². The molecule has 4 heteroatoms. The van der Waals surface area contributed by atoms with E-state index in [1.807, 2.05) is 25.1 Å². The van der Waals surface area contributed by atoms with Crippen molar-refractivity contribution < 1.29 is 9.84 Å². The van der Waals surface area contributed by atoms with Crippen LogP contribution in [0.5, 0.6) is 5.75 Å². The van der Waals surface area contributed by atoms with Gasteiger partial charge in [-0.3, -0.25) is 0 Å². The highest BCUT2D eigenvalue weighted by Gasteiger charge is 2.32. The number of rotatable bonds is 4. The lowest BCUT2D eigenvalue weighted by molar-refractivity contribution is 0.0839. The van der Waals surface area contributed by atoms with Crippen molar-refractivity contribution in [1.82, 2.24) is 0 Å². The molecule has 0 aromatic heterocycles. The smallest absolute Gasteiger partial charge is 0.144 e. The van der Waals surface area contributed by atoms with Gasteiger partial charge in [0.05, 0.1) is 23.6 Å². The number of nitrogens with two attached hydrogens (primary N) is 1. The Morgan fingerprint density at radius 1 is 1.50 bits per heavy atom. The minimum atomic E-state index is -0.618. The van der Waals surface area contributed by atoms with E-state index in [1.165, 1.54) is 0 Å². The first-order chi connectivity index (χ1) is 8.53. The zero-order valence-electron chi connectivity index (χ0n) is 11.1. The summed E-state index contributed by atoms with van der Waals surface area (Å²) in [6, 6.07) is 5.82. The minimum absolute atomic E-state index is 0.618. The number of para-hydroxylation sites is 1. The molecular formula is C14H22N2O2. The van der Waals surface area contributed by atoms with Crippen LogP contribution in [0.2, 0.25) is 0 Å². The molecule has 1 heterocycles. The number of nitrogen functional groups attached to an aromatic ring is 1. The summed E-state index contributed by atoms with van der Waals surface area (Å²) in [5.74, 6) is 0.737. The Bertz CT molecular complexity index is 418. The molecule has 3 N–H and O–H groups in total. The number of nitrogens with zero attached hydrogens (tertiary/aromatic N) is 1. The number of β-amino-alcohol motifs (C(OH)–C–C–N with tert-alkyl or cyclic N) is 1. The van der Waals surface area contributed by atoms with Crippen molar-refractivity contribution in [2.24, 2.45) is 0 Å². The molecule has 18 heavy (non-hydrogen) atoms. The van der Waals surface area contributed by atoms with Gasteiger partial charge in [0.2, 0.25) is 0 Å². The molecule has 0 saturated carbocycles. The van der Waals surface area contributed by atoms with Gasteiger partial charge in [0.1, 0.15) is 5.75 Å². The van der Waals surface area contributed by atoms with Crippen molar-refractivity contribution in [3.63, 3.8) is 0 Å². The molecule has 1 aliphatic rings. The number of benzene rings is 1. The fraction of sp³-hybridized carbons (Fsp3) is 0.571. The summed E-state index contributed by atoms with van der Waals surface area (Å²) in [7, 11) is 0. The Morgan fingerprint density at radius 3 is 2.89 bits per heavy atom. The van der Waals surface area contributed by atoms with Crippen molar-refractivity contribution in [3.8, 4) is 5.75 Å². The Kier molecular flexibility index (Phi) is 3.66. The third-order valence-corrected chi connectivity index (χ3v) is 3.30. The lowest BCUT2D eigenvalue weighted by Crippen LogP contribution is -2.30. The van der Waals surface area contributed by atoms with E-state index in [1.54, 1.807) is 0 Å². The van der Waals surface area contributed by atoms with Crippen LogP contribution in [0.15, 0.2) is 18.2 Å². The van der Waals surface area contributed by atoms with Gasteiger partial charge < -0.3 is 20.5 Å². The highest BCUT2D eigenvalue weighted by molar-refractivity contribution is 5.74. The van der Waals surface area contributed by atoms with E-state index in [4.69, 9.17) is 10.5 Å². The monoisotopic (exact) mass is 250 g/mol. The summed E-state index contributed by atoms with van der Waals surface area (Å²) < 4.78 is 5.62. The topological polar surface area (TPSA) is 58.7 Å². The standard InChI is InChI=1S/C14H22N2O2/c1-3-9-18-12-6-4-5-11(13(12)15)16-8-7-14(2,17)10-16/h4-6,17H,3,7-10,15H2,1-2H3. The van der Waals surface area contributed by atoms with Gasteiger partial charge >= 0.3 is 0 Å². The summed E-state index contributed by atoms with van der Waals surface area (Å²) in [5.41, 5.74) is 7.16. The van der Waals surface area contributed by atoms with Gasteiger partial charge in [-0.15, -0.1) is 0 Å². The molecule has 1 fully saturated rings. The van der Waals surface area contributed by atoms with Crippen molar-refractivity contribution in [2.75, 3.05) is 30.3 Å². The molecule has 0 bridgehead atoms. The van der Waals surface area contributed by atoms with Crippen LogP contribution >= 0.6 is 0 Å². The van der Waals surface area contributed by atoms with Crippen LogP contribution in [0.4, 0.5) is 11.4 Å². The lowest BCUT2D eigenvalue weighted by atomic mass is 10.1. The quantitative estimate of drug-likeness (QED) is 0.803. The third-order valence-electron chi connectivity index (χ3n) is 3.30. The largest absolute Gasteiger partial charge is 0.491 e. The number of ether oxygens (including phenoxy) is 1. The number of hydrogen-bond acceptors (Lipinski definition) is 4. The number of anilines is 2. The van der Waals surface area contributed by atoms with Crippen LogP contribution in [0, 0.1) is 0 Å². The van der Waals surface area contributed by atoms with Gasteiger partial charge in [-0.2, -0.15) is 0 Å². The number of aliphatic hydroxyl groups is 1. The van der Waals surface area contributed by atoms with Crippen LogP contribution < -0.4 is 15.4 Å². The molecule has 1 unspecified atom stereocenters.